The molecule has 0 N–H and O–H groups in total. The minimum absolute atomic E-state index is 0.0161. The van der Waals surface area contributed by atoms with Gasteiger partial charge in [-0.2, -0.15) is 0 Å². The van der Waals surface area contributed by atoms with Gasteiger partial charge in [0, 0.05) is 18.8 Å². The Bertz CT molecular complexity index is 960. The number of carbonyl (C=O) groups excluding carboxylic acids is 2. The molecule has 0 bridgehead atoms. The monoisotopic (exact) mass is 418 g/mol. The molecule has 2 aromatic rings. The van der Waals surface area contributed by atoms with Crippen LogP contribution >= 0.6 is 0 Å². The molecule has 2 amide bonds. The first-order valence-electron chi connectivity index (χ1n) is 11.3. The van der Waals surface area contributed by atoms with Crippen LogP contribution in [0, 0.1) is 0 Å². The zero-order valence-electron chi connectivity index (χ0n) is 18.3. The van der Waals surface area contributed by atoms with E-state index in [1.54, 1.807) is 0 Å². The van der Waals surface area contributed by atoms with Crippen molar-refractivity contribution < 1.29 is 14.3 Å². The fourth-order valence-corrected chi connectivity index (χ4v) is 4.50. The summed E-state index contributed by atoms with van der Waals surface area (Å²) < 4.78 is 5.69. The first-order valence-corrected chi connectivity index (χ1v) is 11.3. The van der Waals surface area contributed by atoms with Gasteiger partial charge >= 0.3 is 0 Å². The Morgan fingerprint density at radius 3 is 2.26 bits per heavy atom. The zero-order valence-corrected chi connectivity index (χ0v) is 18.3. The number of likely N-dealkylation sites (N-methyl/N-ethyl adjacent to an activating group) is 1. The largest absolute Gasteiger partial charge is 0.494 e. The van der Waals surface area contributed by atoms with E-state index in [4.69, 9.17) is 4.74 Å². The van der Waals surface area contributed by atoms with Crippen LogP contribution < -0.4 is 9.64 Å². The summed E-state index contributed by atoms with van der Waals surface area (Å²) in [6, 6.07) is 17.2. The lowest BCUT2D eigenvalue weighted by molar-refractivity contribution is -0.140. The quantitative estimate of drug-likeness (QED) is 0.592. The first-order chi connectivity index (χ1) is 15.1. The highest BCUT2D eigenvalue weighted by Gasteiger charge is 2.44. The molecule has 2 aliphatic rings. The van der Waals surface area contributed by atoms with Gasteiger partial charge in [-0.1, -0.05) is 56.5 Å². The SMILES string of the molecule is CCCOc1ccc(C2=C(N(C)c3ccccc3)C(=O)N(C3CCCCC3)C2=O)cc1. The number of imide groups is 1. The van der Waals surface area contributed by atoms with Gasteiger partial charge in [-0.25, -0.2) is 0 Å². The van der Waals surface area contributed by atoms with E-state index in [0.29, 0.717) is 17.9 Å². The van der Waals surface area contributed by atoms with E-state index >= 15 is 0 Å². The molecule has 0 spiro atoms. The van der Waals surface area contributed by atoms with Gasteiger partial charge in [0.2, 0.25) is 0 Å². The van der Waals surface area contributed by atoms with Crippen LogP contribution in [0.15, 0.2) is 60.3 Å². The number of ether oxygens (including phenoxy) is 1. The van der Waals surface area contributed by atoms with Gasteiger partial charge < -0.3 is 9.64 Å². The van der Waals surface area contributed by atoms with E-state index in [1.807, 2.05) is 66.5 Å². The molecule has 1 aliphatic heterocycles. The Kier molecular flexibility index (Phi) is 6.40. The van der Waals surface area contributed by atoms with E-state index < -0.39 is 0 Å². The lowest BCUT2D eigenvalue weighted by Gasteiger charge is -2.30. The summed E-state index contributed by atoms with van der Waals surface area (Å²) in [5.74, 6) is 0.395. The third-order valence-electron chi connectivity index (χ3n) is 6.13. The molecule has 5 nitrogen and oxygen atoms in total. The molecule has 0 saturated heterocycles. The molecular weight excluding hydrogens is 388 g/mol. The highest BCUT2D eigenvalue weighted by atomic mass is 16.5. The molecule has 4 rings (SSSR count). The second-order valence-electron chi connectivity index (χ2n) is 8.26. The van der Waals surface area contributed by atoms with Crippen LogP contribution in [0.1, 0.15) is 51.0 Å². The number of para-hydroxylation sites is 1. The average Bonchev–Trinajstić information content (AvgIpc) is 3.08. The van der Waals surface area contributed by atoms with Crippen molar-refractivity contribution in [2.24, 2.45) is 0 Å². The number of carbonyl (C=O) groups is 2. The van der Waals surface area contributed by atoms with Gasteiger partial charge in [-0.15, -0.1) is 0 Å². The molecule has 5 heteroatoms. The maximum atomic E-state index is 13.6. The van der Waals surface area contributed by atoms with Crippen molar-refractivity contribution in [1.82, 2.24) is 4.90 Å². The number of benzene rings is 2. The fourth-order valence-electron chi connectivity index (χ4n) is 4.50. The van der Waals surface area contributed by atoms with Crippen LogP contribution in [0.4, 0.5) is 5.69 Å². The van der Waals surface area contributed by atoms with Crippen LogP contribution in [0.2, 0.25) is 0 Å². The molecule has 162 valence electrons. The highest BCUT2D eigenvalue weighted by Crippen LogP contribution is 2.37. The van der Waals surface area contributed by atoms with Crippen LogP contribution in [0.3, 0.4) is 0 Å². The molecule has 0 unspecified atom stereocenters. The Balaban J connectivity index is 1.74. The normalized spacial score (nSPS) is 17.4. The van der Waals surface area contributed by atoms with E-state index in [1.165, 1.54) is 11.3 Å². The van der Waals surface area contributed by atoms with Crippen LogP contribution in [-0.2, 0) is 9.59 Å². The predicted octanol–water partition coefficient (Wildman–Crippen LogP) is 5.02. The summed E-state index contributed by atoms with van der Waals surface area (Å²) in [6.07, 6.45) is 5.99. The van der Waals surface area contributed by atoms with Crippen LogP contribution in [-0.4, -0.2) is 36.4 Å². The van der Waals surface area contributed by atoms with Gasteiger partial charge in [0.15, 0.2) is 0 Å². The van der Waals surface area contributed by atoms with Gasteiger partial charge in [0.1, 0.15) is 11.4 Å². The molecule has 0 radical (unpaired) electrons. The van der Waals surface area contributed by atoms with E-state index in [0.717, 1.165) is 49.1 Å². The summed E-state index contributed by atoms with van der Waals surface area (Å²) in [7, 11) is 1.86. The first kappa shape index (κ1) is 21.2. The minimum atomic E-state index is -0.190. The van der Waals surface area contributed by atoms with Gasteiger partial charge in [0.25, 0.3) is 11.8 Å². The van der Waals surface area contributed by atoms with Crippen LogP contribution in [0.5, 0.6) is 5.75 Å². The third kappa shape index (κ3) is 4.22. The zero-order chi connectivity index (χ0) is 21.8. The van der Waals surface area contributed by atoms with Crippen molar-refractivity contribution in [3.63, 3.8) is 0 Å². The molecule has 2 aromatic carbocycles. The van der Waals surface area contributed by atoms with Gasteiger partial charge in [-0.05, 0) is 49.1 Å². The molecule has 1 aliphatic carbocycles. The molecule has 0 aromatic heterocycles. The number of rotatable bonds is 7. The summed E-state index contributed by atoms with van der Waals surface area (Å²) in [5, 5.41) is 0. The van der Waals surface area contributed by atoms with Gasteiger partial charge in [-0.3, -0.25) is 14.5 Å². The number of hydrogen-bond donors (Lipinski definition) is 0. The maximum Gasteiger partial charge on any atom is 0.278 e. The Morgan fingerprint density at radius 1 is 0.935 bits per heavy atom. The fraction of sp³-hybridized carbons (Fsp3) is 0.385. The second kappa shape index (κ2) is 9.38. The Labute approximate surface area is 184 Å². The van der Waals surface area contributed by atoms with Crippen molar-refractivity contribution in [2.75, 3.05) is 18.6 Å². The summed E-state index contributed by atoms with van der Waals surface area (Å²) in [5.41, 5.74) is 2.55. The molecule has 1 saturated carbocycles. The lowest BCUT2D eigenvalue weighted by Crippen LogP contribution is -2.43. The van der Waals surface area contributed by atoms with Crippen molar-refractivity contribution in [1.29, 1.82) is 0 Å². The van der Waals surface area contributed by atoms with E-state index in [9.17, 15) is 9.59 Å². The summed E-state index contributed by atoms with van der Waals surface area (Å²) in [6.45, 7) is 2.71. The lowest BCUT2D eigenvalue weighted by atomic mass is 9.94. The predicted molar refractivity (Wildman–Crippen MR) is 123 cm³/mol. The minimum Gasteiger partial charge on any atom is -0.494 e. The summed E-state index contributed by atoms with van der Waals surface area (Å²) >= 11 is 0. The number of amides is 2. The molecular formula is C26H30N2O3. The maximum absolute atomic E-state index is 13.6. The average molecular weight is 419 g/mol. The number of nitrogens with zero attached hydrogens (tertiary/aromatic N) is 2. The third-order valence-corrected chi connectivity index (χ3v) is 6.13. The van der Waals surface area contributed by atoms with E-state index in [-0.39, 0.29) is 17.9 Å². The standard InChI is InChI=1S/C26H30N2O3/c1-3-18-31-22-16-14-19(15-17-22)23-24(27(2)20-10-6-4-7-11-20)26(30)28(25(23)29)21-12-8-5-9-13-21/h4,6-7,10-11,14-17,21H,3,5,8-9,12-13,18H2,1-2H3. The Morgan fingerprint density at radius 2 is 1.61 bits per heavy atom. The summed E-state index contributed by atoms with van der Waals surface area (Å²) in [4.78, 5) is 30.6. The molecule has 1 heterocycles. The van der Waals surface area contributed by atoms with Crippen molar-refractivity contribution in [3.8, 4) is 5.75 Å². The highest BCUT2D eigenvalue weighted by molar-refractivity contribution is 6.36. The molecule has 1 fully saturated rings. The Hall–Kier alpha value is -3.08. The van der Waals surface area contributed by atoms with Crippen molar-refractivity contribution >= 4 is 23.1 Å². The van der Waals surface area contributed by atoms with Crippen molar-refractivity contribution in [3.05, 3.63) is 65.9 Å². The number of anilines is 1. The second-order valence-corrected chi connectivity index (χ2v) is 8.26. The van der Waals surface area contributed by atoms with Gasteiger partial charge in [0.05, 0.1) is 12.2 Å². The van der Waals surface area contributed by atoms with Crippen LogP contribution in [0.25, 0.3) is 5.57 Å². The smallest absolute Gasteiger partial charge is 0.278 e. The molecule has 0 atom stereocenters. The number of hydrogen-bond acceptors (Lipinski definition) is 4. The molecule has 31 heavy (non-hydrogen) atoms. The van der Waals surface area contributed by atoms with Crippen molar-refractivity contribution in [2.45, 2.75) is 51.5 Å². The van der Waals surface area contributed by atoms with E-state index in [2.05, 4.69) is 6.92 Å². The topological polar surface area (TPSA) is 49.9 Å².